The van der Waals surface area contributed by atoms with Crippen LogP contribution in [-0.2, 0) is 13.2 Å². The maximum atomic E-state index is 13.9. The number of hydrogen-bond donors (Lipinski definition) is 1. The van der Waals surface area contributed by atoms with Crippen molar-refractivity contribution in [1.82, 2.24) is 5.32 Å². The molecule has 3 rings (SSSR count). The van der Waals surface area contributed by atoms with Gasteiger partial charge in [-0.15, -0.1) is 12.4 Å². The SMILES string of the molecule is CCOc1cc(CNC2CCCCC2)cc(Br)c1OCc1ccccc1F.Cl. The summed E-state index contributed by atoms with van der Waals surface area (Å²) in [6.45, 7) is 3.45. The van der Waals surface area contributed by atoms with Crippen molar-refractivity contribution in [3.8, 4) is 11.5 Å². The molecule has 3 nitrogen and oxygen atoms in total. The summed E-state index contributed by atoms with van der Waals surface area (Å²) in [4.78, 5) is 0. The topological polar surface area (TPSA) is 30.5 Å². The predicted molar refractivity (Wildman–Crippen MR) is 117 cm³/mol. The van der Waals surface area contributed by atoms with Crippen molar-refractivity contribution < 1.29 is 13.9 Å². The summed E-state index contributed by atoms with van der Waals surface area (Å²) in [6.07, 6.45) is 6.49. The van der Waals surface area contributed by atoms with Crippen LogP contribution in [0.4, 0.5) is 4.39 Å². The monoisotopic (exact) mass is 471 g/mol. The number of rotatable bonds is 8. The maximum absolute atomic E-state index is 13.9. The van der Waals surface area contributed by atoms with Gasteiger partial charge in [-0.3, -0.25) is 0 Å². The van der Waals surface area contributed by atoms with Gasteiger partial charge in [0.2, 0.25) is 0 Å². The van der Waals surface area contributed by atoms with Gasteiger partial charge >= 0.3 is 0 Å². The van der Waals surface area contributed by atoms with Crippen LogP contribution in [0.2, 0.25) is 0 Å². The fourth-order valence-corrected chi connectivity index (χ4v) is 4.06. The fourth-order valence-electron chi connectivity index (χ4n) is 3.46. The molecule has 2 aromatic carbocycles. The van der Waals surface area contributed by atoms with Crippen molar-refractivity contribution in [3.05, 3.63) is 57.8 Å². The van der Waals surface area contributed by atoms with E-state index in [1.54, 1.807) is 18.2 Å². The highest BCUT2D eigenvalue weighted by Gasteiger charge is 2.16. The Bertz CT molecular complexity index is 753. The molecule has 154 valence electrons. The van der Waals surface area contributed by atoms with Crippen molar-refractivity contribution in [1.29, 1.82) is 0 Å². The van der Waals surface area contributed by atoms with E-state index in [1.807, 2.05) is 13.0 Å². The van der Waals surface area contributed by atoms with Crippen LogP contribution < -0.4 is 14.8 Å². The summed E-state index contributed by atoms with van der Waals surface area (Å²) in [5.74, 6) is 1.03. The van der Waals surface area contributed by atoms with Crippen LogP contribution in [0.1, 0.15) is 50.2 Å². The van der Waals surface area contributed by atoms with Gasteiger partial charge in [0.05, 0.1) is 11.1 Å². The van der Waals surface area contributed by atoms with Crippen molar-refractivity contribution in [2.75, 3.05) is 6.61 Å². The number of nitrogens with one attached hydrogen (secondary N) is 1. The van der Waals surface area contributed by atoms with Gasteiger partial charge in [-0.2, -0.15) is 0 Å². The van der Waals surface area contributed by atoms with Gasteiger partial charge in [-0.25, -0.2) is 4.39 Å². The van der Waals surface area contributed by atoms with Crippen LogP contribution in [0.25, 0.3) is 0 Å². The van der Waals surface area contributed by atoms with E-state index in [2.05, 4.69) is 27.3 Å². The molecule has 0 aromatic heterocycles. The lowest BCUT2D eigenvalue weighted by Crippen LogP contribution is -2.30. The van der Waals surface area contributed by atoms with Crippen LogP contribution in [0.15, 0.2) is 40.9 Å². The first-order chi connectivity index (χ1) is 13.2. The molecular formula is C22H28BrClFNO2. The van der Waals surface area contributed by atoms with E-state index >= 15 is 0 Å². The van der Waals surface area contributed by atoms with E-state index in [1.165, 1.54) is 38.2 Å². The summed E-state index contributed by atoms with van der Waals surface area (Å²) >= 11 is 3.60. The molecule has 0 saturated heterocycles. The highest BCUT2D eigenvalue weighted by molar-refractivity contribution is 9.10. The normalized spacial score (nSPS) is 14.4. The Morgan fingerprint density at radius 1 is 1.11 bits per heavy atom. The molecule has 1 aliphatic rings. The molecule has 0 spiro atoms. The van der Waals surface area contributed by atoms with E-state index in [0.29, 0.717) is 29.7 Å². The van der Waals surface area contributed by atoms with Gasteiger partial charge in [0.25, 0.3) is 0 Å². The lowest BCUT2D eigenvalue weighted by molar-refractivity contribution is 0.264. The zero-order valence-electron chi connectivity index (χ0n) is 16.2. The average Bonchev–Trinajstić information content (AvgIpc) is 2.68. The van der Waals surface area contributed by atoms with E-state index in [-0.39, 0.29) is 24.8 Å². The van der Waals surface area contributed by atoms with Crippen molar-refractivity contribution in [3.63, 3.8) is 0 Å². The second-order valence-corrected chi connectivity index (χ2v) is 7.79. The van der Waals surface area contributed by atoms with E-state index < -0.39 is 0 Å². The zero-order chi connectivity index (χ0) is 19.1. The summed E-state index contributed by atoms with van der Waals surface area (Å²) in [5.41, 5.74) is 1.67. The Morgan fingerprint density at radius 2 is 1.86 bits per heavy atom. The van der Waals surface area contributed by atoms with Crippen molar-refractivity contribution in [2.45, 2.75) is 58.2 Å². The van der Waals surface area contributed by atoms with Gasteiger partial charge in [-0.05, 0) is 59.5 Å². The molecule has 6 heteroatoms. The minimum atomic E-state index is -0.264. The summed E-state index contributed by atoms with van der Waals surface area (Å²) in [5, 5.41) is 3.65. The molecule has 1 aliphatic carbocycles. The van der Waals surface area contributed by atoms with Gasteiger partial charge in [0.1, 0.15) is 12.4 Å². The molecule has 1 N–H and O–H groups in total. The van der Waals surface area contributed by atoms with E-state index in [4.69, 9.17) is 9.47 Å². The molecule has 1 fully saturated rings. The lowest BCUT2D eigenvalue weighted by atomic mass is 9.95. The molecule has 0 heterocycles. The van der Waals surface area contributed by atoms with Gasteiger partial charge in [-0.1, -0.05) is 37.5 Å². The summed E-state index contributed by atoms with van der Waals surface area (Å²) in [6, 6.07) is 11.3. The fraction of sp³-hybridized carbons (Fsp3) is 0.455. The average molecular weight is 473 g/mol. The highest BCUT2D eigenvalue weighted by atomic mass is 79.9. The minimum Gasteiger partial charge on any atom is -0.490 e. The number of benzene rings is 2. The Kier molecular flexibility index (Phi) is 9.56. The van der Waals surface area contributed by atoms with Crippen LogP contribution in [0, 0.1) is 5.82 Å². The first-order valence-electron chi connectivity index (χ1n) is 9.72. The quantitative estimate of drug-likeness (QED) is 0.481. The first kappa shape index (κ1) is 23.0. The van der Waals surface area contributed by atoms with Gasteiger partial charge in [0.15, 0.2) is 11.5 Å². The standard InChI is InChI=1S/C22H27BrFNO2.ClH/c1-2-26-21-13-16(14-25-18-9-4-3-5-10-18)12-19(23)22(21)27-15-17-8-6-7-11-20(17)24;/h6-8,11-13,18,25H,2-5,9-10,14-15H2,1H3;1H. The molecule has 0 unspecified atom stereocenters. The van der Waals surface area contributed by atoms with E-state index in [9.17, 15) is 4.39 Å². The Hall–Kier alpha value is -1.30. The van der Waals surface area contributed by atoms with Crippen LogP contribution in [-0.4, -0.2) is 12.6 Å². The Balaban J connectivity index is 0.00000280. The third-order valence-corrected chi connectivity index (χ3v) is 5.49. The smallest absolute Gasteiger partial charge is 0.175 e. The predicted octanol–water partition coefficient (Wildman–Crippen LogP) is 6.41. The van der Waals surface area contributed by atoms with Crippen LogP contribution in [0.3, 0.4) is 0 Å². The van der Waals surface area contributed by atoms with Crippen LogP contribution >= 0.6 is 28.3 Å². The number of halogens is 3. The highest BCUT2D eigenvalue weighted by Crippen LogP contribution is 2.37. The van der Waals surface area contributed by atoms with Crippen molar-refractivity contribution >= 4 is 28.3 Å². The molecule has 1 saturated carbocycles. The second kappa shape index (κ2) is 11.6. The largest absolute Gasteiger partial charge is 0.490 e. The zero-order valence-corrected chi connectivity index (χ0v) is 18.6. The third-order valence-electron chi connectivity index (χ3n) is 4.90. The molecule has 0 aliphatic heterocycles. The molecule has 0 bridgehead atoms. The Labute approximate surface area is 181 Å². The molecule has 2 aromatic rings. The summed E-state index contributed by atoms with van der Waals surface area (Å²) < 4.78 is 26.4. The molecule has 0 atom stereocenters. The first-order valence-corrected chi connectivity index (χ1v) is 10.5. The third kappa shape index (κ3) is 6.36. The lowest BCUT2D eigenvalue weighted by Gasteiger charge is -2.23. The van der Waals surface area contributed by atoms with Gasteiger partial charge in [0, 0.05) is 18.2 Å². The number of ether oxygens (including phenoxy) is 2. The number of hydrogen-bond acceptors (Lipinski definition) is 3. The summed E-state index contributed by atoms with van der Waals surface area (Å²) in [7, 11) is 0. The molecule has 0 radical (unpaired) electrons. The second-order valence-electron chi connectivity index (χ2n) is 6.93. The van der Waals surface area contributed by atoms with Gasteiger partial charge < -0.3 is 14.8 Å². The van der Waals surface area contributed by atoms with Crippen LogP contribution in [0.5, 0.6) is 11.5 Å². The van der Waals surface area contributed by atoms with E-state index in [0.717, 1.165) is 16.6 Å². The molecule has 28 heavy (non-hydrogen) atoms. The van der Waals surface area contributed by atoms with Crippen molar-refractivity contribution in [2.24, 2.45) is 0 Å². The molecular weight excluding hydrogens is 445 g/mol. The minimum absolute atomic E-state index is 0. The molecule has 0 amide bonds. The maximum Gasteiger partial charge on any atom is 0.175 e. The Morgan fingerprint density at radius 3 is 2.57 bits per heavy atom.